The van der Waals surface area contributed by atoms with Gasteiger partial charge in [-0.05, 0) is 19.1 Å². The smallest absolute Gasteiger partial charge is 0.235 e. The number of hydrogen-bond acceptors (Lipinski definition) is 3. The van der Waals surface area contributed by atoms with Crippen molar-refractivity contribution in [3.63, 3.8) is 0 Å². The van der Waals surface area contributed by atoms with Gasteiger partial charge in [-0.1, -0.05) is 36.0 Å². The van der Waals surface area contributed by atoms with E-state index in [0.717, 1.165) is 15.9 Å². The summed E-state index contributed by atoms with van der Waals surface area (Å²) >= 11 is 1.49. The molecule has 0 spiro atoms. The number of carbonyl (C=O) groups is 1. The second-order valence-corrected chi connectivity index (χ2v) is 5.70. The molecule has 18 heavy (non-hydrogen) atoms. The largest absolute Gasteiger partial charge is 0.348 e. The highest BCUT2D eigenvalue weighted by atomic mass is 32.2. The number of para-hydroxylation sites is 1. The zero-order valence-electron chi connectivity index (χ0n) is 10.8. The number of pyridine rings is 1. The molecule has 1 aromatic heterocycles. The van der Waals surface area contributed by atoms with E-state index in [2.05, 4.69) is 4.98 Å². The number of rotatable bonds is 3. The average Bonchev–Trinajstić information content (AvgIpc) is 2.37. The molecule has 0 bridgehead atoms. The van der Waals surface area contributed by atoms with E-state index < -0.39 is 0 Å². The Bertz CT molecular complexity index is 568. The Labute approximate surface area is 111 Å². The molecule has 0 N–H and O–H groups in total. The Morgan fingerprint density at radius 2 is 1.94 bits per heavy atom. The fourth-order valence-electron chi connectivity index (χ4n) is 1.71. The van der Waals surface area contributed by atoms with Gasteiger partial charge in [0, 0.05) is 19.5 Å². The molecule has 0 aliphatic rings. The van der Waals surface area contributed by atoms with Crippen LogP contribution < -0.4 is 0 Å². The van der Waals surface area contributed by atoms with Gasteiger partial charge in [0.15, 0.2) is 0 Å². The van der Waals surface area contributed by atoms with E-state index in [1.807, 2.05) is 43.3 Å². The average molecular weight is 260 g/mol. The zero-order chi connectivity index (χ0) is 13.1. The quantitative estimate of drug-likeness (QED) is 0.796. The van der Waals surface area contributed by atoms with Crippen LogP contribution in [-0.4, -0.2) is 35.1 Å². The summed E-state index contributed by atoms with van der Waals surface area (Å²) in [7, 11) is 3.54. The van der Waals surface area contributed by atoms with Crippen LogP contribution in [0.1, 0.15) is 6.92 Å². The molecule has 94 valence electrons. The molecule has 1 atom stereocenters. The summed E-state index contributed by atoms with van der Waals surface area (Å²) in [6.07, 6.45) is 0. The molecule has 1 amide bonds. The van der Waals surface area contributed by atoms with Crippen molar-refractivity contribution in [3.8, 4) is 0 Å². The van der Waals surface area contributed by atoms with Crippen LogP contribution in [0, 0.1) is 0 Å². The molecule has 0 aliphatic heterocycles. The number of benzene rings is 1. The lowest BCUT2D eigenvalue weighted by atomic mass is 10.2. The van der Waals surface area contributed by atoms with E-state index in [1.165, 1.54) is 11.8 Å². The summed E-state index contributed by atoms with van der Waals surface area (Å²) in [4.78, 5) is 17.9. The van der Waals surface area contributed by atoms with Gasteiger partial charge in [-0.15, -0.1) is 0 Å². The predicted octanol–water partition coefficient (Wildman–Crippen LogP) is 2.80. The first kappa shape index (κ1) is 12.9. The summed E-state index contributed by atoms with van der Waals surface area (Å²) in [5.41, 5.74) is 0.965. The summed E-state index contributed by atoms with van der Waals surface area (Å²) < 4.78 is 0. The monoisotopic (exact) mass is 260 g/mol. The SMILES string of the molecule is CC(Sc1ccc2ccccc2n1)C(=O)N(C)C. The van der Waals surface area contributed by atoms with E-state index in [9.17, 15) is 4.79 Å². The lowest BCUT2D eigenvalue weighted by molar-refractivity contribution is -0.127. The van der Waals surface area contributed by atoms with Gasteiger partial charge < -0.3 is 4.90 Å². The lowest BCUT2D eigenvalue weighted by Gasteiger charge is -2.15. The molecule has 1 aromatic carbocycles. The first-order chi connectivity index (χ1) is 8.58. The van der Waals surface area contributed by atoms with Crippen LogP contribution in [0.4, 0.5) is 0 Å². The van der Waals surface area contributed by atoms with Gasteiger partial charge in [0.1, 0.15) is 0 Å². The minimum atomic E-state index is -0.117. The van der Waals surface area contributed by atoms with Crippen molar-refractivity contribution < 1.29 is 4.79 Å². The van der Waals surface area contributed by atoms with E-state index in [4.69, 9.17) is 0 Å². The van der Waals surface area contributed by atoms with Crippen LogP contribution in [0.3, 0.4) is 0 Å². The van der Waals surface area contributed by atoms with Crippen molar-refractivity contribution in [2.75, 3.05) is 14.1 Å². The van der Waals surface area contributed by atoms with Gasteiger partial charge in [0.05, 0.1) is 15.8 Å². The van der Waals surface area contributed by atoms with Crippen LogP contribution in [0.2, 0.25) is 0 Å². The standard InChI is InChI=1S/C14H16N2OS/c1-10(14(17)16(2)3)18-13-9-8-11-6-4-5-7-12(11)15-13/h4-10H,1-3H3. The lowest BCUT2D eigenvalue weighted by Crippen LogP contribution is -2.29. The Kier molecular flexibility index (Phi) is 3.87. The fourth-order valence-corrected chi connectivity index (χ4v) is 2.68. The van der Waals surface area contributed by atoms with Crippen LogP contribution in [0.25, 0.3) is 10.9 Å². The highest BCUT2D eigenvalue weighted by Crippen LogP contribution is 2.24. The Balaban J connectivity index is 2.19. The number of aromatic nitrogens is 1. The van der Waals surface area contributed by atoms with Crippen molar-refractivity contribution in [2.45, 2.75) is 17.2 Å². The maximum absolute atomic E-state index is 11.8. The van der Waals surface area contributed by atoms with E-state index in [0.29, 0.717) is 0 Å². The molecule has 2 aromatic rings. The number of carbonyl (C=O) groups excluding carboxylic acids is 1. The maximum atomic E-state index is 11.8. The molecule has 0 saturated carbocycles. The molecule has 1 unspecified atom stereocenters. The highest BCUT2D eigenvalue weighted by Gasteiger charge is 2.16. The predicted molar refractivity (Wildman–Crippen MR) is 75.8 cm³/mol. The van der Waals surface area contributed by atoms with Gasteiger partial charge in [-0.2, -0.15) is 0 Å². The third-order valence-corrected chi connectivity index (χ3v) is 3.68. The molecule has 1 heterocycles. The molecule has 3 nitrogen and oxygen atoms in total. The van der Waals surface area contributed by atoms with Crippen molar-refractivity contribution >= 4 is 28.6 Å². The van der Waals surface area contributed by atoms with Crippen LogP contribution >= 0.6 is 11.8 Å². The number of fused-ring (bicyclic) bond motifs is 1. The van der Waals surface area contributed by atoms with Crippen molar-refractivity contribution in [1.29, 1.82) is 0 Å². The molecule has 0 aliphatic carbocycles. The second kappa shape index (κ2) is 5.40. The third-order valence-electron chi connectivity index (χ3n) is 2.66. The summed E-state index contributed by atoms with van der Waals surface area (Å²) in [6, 6.07) is 12.0. The minimum Gasteiger partial charge on any atom is -0.348 e. The number of amides is 1. The van der Waals surface area contributed by atoms with Gasteiger partial charge >= 0.3 is 0 Å². The number of hydrogen-bond donors (Lipinski definition) is 0. The molecule has 0 radical (unpaired) electrons. The van der Waals surface area contributed by atoms with E-state index in [-0.39, 0.29) is 11.2 Å². The van der Waals surface area contributed by atoms with Gasteiger partial charge in [-0.3, -0.25) is 4.79 Å². The van der Waals surface area contributed by atoms with Crippen LogP contribution in [0.15, 0.2) is 41.4 Å². The van der Waals surface area contributed by atoms with Gasteiger partial charge in [-0.25, -0.2) is 4.98 Å². The fraction of sp³-hybridized carbons (Fsp3) is 0.286. The molecule has 4 heteroatoms. The van der Waals surface area contributed by atoms with Crippen molar-refractivity contribution in [2.24, 2.45) is 0 Å². The molecule has 0 saturated heterocycles. The molecular formula is C14H16N2OS. The molecule has 2 rings (SSSR count). The highest BCUT2D eigenvalue weighted by molar-refractivity contribution is 8.00. The minimum absolute atomic E-state index is 0.106. The number of thioether (sulfide) groups is 1. The van der Waals surface area contributed by atoms with E-state index >= 15 is 0 Å². The van der Waals surface area contributed by atoms with Crippen LogP contribution in [-0.2, 0) is 4.79 Å². The summed E-state index contributed by atoms with van der Waals surface area (Å²) in [5.74, 6) is 0.106. The van der Waals surface area contributed by atoms with Crippen LogP contribution in [0.5, 0.6) is 0 Å². The maximum Gasteiger partial charge on any atom is 0.235 e. The first-order valence-electron chi connectivity index (χ1n) is 5.81. The van der Waals surface area contributed by atoms with Crippen molar-refractivity contribution in [3.05, 3.63) is 36.4 Å². The molecular weight excluding hydrogens is 244 g/mol. The first-order valence-corrected chi connectivity index (χ1v) is 6.69. The Morgan fingerprint density at radius 3 is 2.67 bits per heavy atom. The summed E-state index contributed by atoms with van der Waals surface area (Å²) in [6.45, 7) is 1.91. The number of nitrogens with zero attached hydrogens (tertiary/aromatic N) is 2. The summed E-state index contributed by atoms with van der Waals surface area (Å²) in [5, 5.41) is 1.89. The van der Waals surface area contributed by atoms with E-state index in [1.54, 1.807) is 19.0 Å². The van der Waals surface area contributed by atoms with Gasteiger partial charge in [0.25, 0.3) is 0 Å². The topological polar surface area (TPSA) is 33.2 Å². The van der Waals surface area contributed by atoms with Crippen molar-refractivity contribution in [1.82, 2.24) is 9.88 Å². The molecule has 0 fully saturated rings. The normalized spacial score (nSPS) is 12.4. The zero-order valence-corrected chi connectivity index (χ0v) is 11.6. The van der Waals surface area contributed by atoms with Gasteiger partial charge in [0.2, 0.25) is 5.91 Å². The third kappa shape index (κ3) is 2.82. The second-order valence-electron chi connectivity index (χ2n) is 4.33. The Morgan fingerprint density at radius 1 is 1.22 bits per heavy atom. The Hall–Kier alpha value is -1.55.